The Hall–Kier alpha value is -1.22. The van der Waals surface area contributed by atoms with Gasteiger partial charge in [-0.2, -0.15) is 0 Å². The molecule has 1 unspecified atom stereocenters. The van der Waals surface area contributed by atoms with Gasteiger partial charge in [0.1, 0.15) is 5.75 Å². The maximum absolute atomic E-state index is 6.33. The van der Waals surface area contributed by atoms with Gasteiger partial charge in [-0.05, 0) is 23.3 Å². The Bertz CT molecular complexity index is 628. The molecule has 1 atom stereocenters. The molecule has 2 nitrogen and oxygen atoms in total. The van der Waals surface area contributed by atoms with Crippen molar-refractivity contribution in [1.82, 2.24) is 0 Å². The number of rotatable bonds is 2. The summed E-state index contributed by atoms with van der Waals surface area (Å²) < 4.78 is 5.69. The lowest BCUT2D eigenvalue weighted by Gasteiger charge is -2.17. The van der Waals surface area contributed by atoms with Crippen molar-refractivity contribution in [3.05, 3.63) is 63.1 Å². The van der Waals surface area contributed by atoms with E-state index in [4.69, 9.17) is 33.7 Å². The minimum Gasteiger partial charge on any atom is -0.493 e. The molecule has 2 aromatic rings. The second-order valence-corrected chi connectivity index (χ2v) is 5.42. The molecule has 1 aliphatic rings. The van der Waals surface area contributed by atoms with Crippen molar-refractivity contribution >= 4 is 23.2 Å². The van der Waals surface area contributed by atoms with Gasteiger partial charge in [0.05, 0.1) is 12.6 Å². The fourth-order valence-electron chi connectivity index (χ4n) is 2.41. The predicted octanol–water partition coefficient (Wildman–Crippen LogP) is 3.98. The zero-order valence-corrected chi connectivity index (χ0v) is 11.7. The van der Waals surface area contributed by atoms with E-state index in [2.05, 4.69) is 6.07 Å². The molecule has 19 heavy (non-hydrogen) atoms. The van der Waals surface area contributed by atoms with Crippen LogP contribution >= 0.6 is 23.2 Å². The number of para-hydroxylation sites is 1. The SMILES string of the molecule is NC(c1ccc(Cl)cc1Cl)c1cccc2c1OCC2. The lowest BCUT2D eigenvalue weighted by molar-refractivity contribution is 0.352. The minimum atomic E-state index is -0.308. The van der Waals surface area contributed by atoms with Crippen LogP contribution in [-0.4, -0.2) is 6.61 Å². The summed E-state index contributed by atoms with van der Waals surface area (Å²) in [4.78, 5) is 0. The van der Waals surface area contributed by atoms with E-state index >= 15 is 0 Å². The molecular weight excluding hydrogens is 281 g/mol. The van der Waals surface area contributed by atoms with E-state index in [0.29, 0.717) is 16.7 Å². The van der Waals surface area contributed by atoms with Crippen LogP contribution in [0.1, 0.15) is 22.7 Å². The van der Waals surface area contributed by atoms with Gasteiger partial charge in [0, 0.05) is 22.0 Å². The van der Waals surface area contributed by atoms with Crippen molar-refractivity contribution in [2.75, 3.05) is 6.61 Å². The van der Waals surface area contributed by atoms with Gasteiger partial charge in [-0.1, -0.05) is 47.5 Å². The first kappa shape index (κ1) is 12.8. The van der Waals surface area contributed by atoms with Gasteiger partial charge in [-0.25, -0.2) is 0 Å². The average molecular weight is 294 g/mol. The summed E-state index contributed by atoms with van der Waals surface area (Å²) >= 11 is 12.1. The Labute approximate surface area is 122 Å². The highest BCUT2D eigenvalue weighted by Crippen LogP contribution is 2.37. The largest absolute Gasteiger partial charge is 0.493 e. The molecule has 0 fully saturated rings. The molecule has 0 aliphatic carbocycles. The number of nitrogens with two attached hydrogens (primary N) is 1. The third-order valence-electron chi connectivity index (χ3n) is 3.38. The van der Waals surface area contributed by atoms with Crippen molar-refractivity contribution in [2.45, 2.75) is 12.5 Å². The third-order valence-corrected chi connectivity index (χ3v) is 3.94. The van der Waals surface area contributed by atoms with Crippen LogP contribution < -0.4 is 10.5 Å². The smallest absolute Gasteiger partial charge is 0.127 e. The van der Waals surface area contributed by atoms with E-state index in [9.17, 15) is 0 Å². The second kappa shape index (κ2) is 5.04. The van der Waals surface area contributed by atoms with Crippen molar-refractivity contribution in [1.29, 1.82) is 0 Å². The zero-order chi connectivity index (χ0) is 13.4. The van der Waals surface area contributed by atoms with Crippen LogP contribution in [0.15, 0.2) is 36.4 Å². The molecule has 0 spiro atoms. The molecule has 0 radical (unpaired) electrons. The number of fused-ring (bicyclic) bond motifs is 1. The monoisotopic (exact) mass is 293 g/mol. The van der Waals surface area contributed by atoms with Crippen LogP contribution in [0, 0.1) is 0 Å². The van der Waals surface area contributed by atoms with E-state index < -0.39 is 0 Å². The molecule has 1 aliphatic heterocycles. The summed E-state index contributed by atoms with van der Waals surface area (Å²) in [5.41, 5.74) is 9.37. The van der Waals surface area contributed by atoms with Crippen LogP contribution in [0.25, 0.3) is 0 Å². The summed E-state index contributed by atoms with van der Waals surface area (Å²) in [6.45, 7) is 0.716. The lowest BCUT2D eigenvalue weighted by Crippen LogP contribution is -2.13. The van der Waals surface area contributed by atoms with Crippen molar-refractivity contribution in [3.8, 4) is 5.75 Å². The molecule has 0 saturated heterocycles. The van der Waals surface area contributed by atoms with Gasteiger partial charge in [-0.15, -0.1) is 0 Å². The maximum atomic E-state index is 6.33. The highest BCUT2D eigenvalue weighted by atomic mass is 35.5. The Kier molecular flexibility index (Phi) is 3.40. The highest BCUT2D eigenvalue weighted by molar-refractivity contribution is 6.35. The molecule has 0 amide bonds. The zero-order valence-electron chi connectivity index (χ0n) is 10.2. The van der Waals surface area contributed by atoms with Crippen molar-refractivity contribution in [3.63, 3.8) is 0 Å². The summed E-state index contributed by atoms with van der Waals surface area (Å²) in [6, 6.07) is 11.1. The number of benzene rings is 2. The van der Waals surface area contributed by atoms with Crippen LogP contribution in [-0.2, 0) is 6.42 Å². The van der Waals surface area contributed by atoms with Gasteiger partial charge in [-0.3, -0.25) is 0 Å². The Morgan fingerprint density at radius 1 is 1.11 bits per heavy atom. The summed E-state index contributed by atoms with van der Waals surface area (Å²) in [5, 5.41) is 1.19. The standard InChI is InChI=1S/C15H13Cl2NO/c16-10-4-5-11(13(17)8-10)14(18)12-3-1-2-9-6-7-19-15(9)12/h1-5,8,14H,6-7,18H2. The Morgan fingerprint density at radius 2 is 1.95 bits per heavy atom. The fraction of sp³-hybridized carbons (Fsp3) is 0.200. The predicted molar refractivity (Wildman–Crippen MR) is 78.1 cm³/mol. The first-order valence-corrected chi connectivity index (χ1v) is 6.87. The molecule has 0 saturated carbocycles. The molecule has 98 valence electrons. The van der Waals surface area contributed by atoms with E-state index in [1.807, 2.05) is 18.2 Å². The normalized spacial score (nSPS) is 14.9. The van der Waals surface area contributed by atoms with Crippen molar-refractivity contribution in [2.24, 2.45) is 5.73 Å². The molecule has 3 rings (SSSR count). The van der Waals surface area contributed by atoms with Crippen LogP contribution in [0.4, 0.5) is 0 Å². The number of ether oxygens (including phenoxy) is 1. The summed E-state index contributed by atoms with van der Waals surface area (Å²) in [7, 11) is 0. The Morgan fingerprint density at radius 3 is 2.74 bits per heavy atom. The first-order valence-electron chi connectivity index (χ1n) is 6.12. The molecule has 0 aromatic heterocycles. The van der Waals surface area contributed by atoms with E-state index in [1.54, 1.807) is 12.1 Å². The minimum absolute atomic E-state index is 0.308. The second-order valence-electron chi connectivity index (χ2n) is 4.58. The topological polar surface area (TPSA) is 35.2 Å². The molecule has 1 heterocycles. The highest BCUT2D eigenvalue weighted by Gasteiger charge is 2.22. The van der Waals surface area contributed by atoms with Crippen molar-refractivity contribution < 1.29 is 4.74 Å². The quantitative estimate of drug-likeness (QED) is 0.909. The number of hydrogen-bond donors (Lipinski definition) is 1. The number of hydrogen-bond acceptors (Lipinski definition) is 2. The van der Waals surface area contributed by atoms with E-state index in [1.165, 1.54) is 5.56 Å². The molecule has 0 bridgehead atoms. The van der Waals surface area contributed by atoms with Gasteiger partial charge in [0.15, 0.2) is 0 Å². The van der Waals surface area contributed by atoms with Gasteiger partial charge in [0.2, 0.25) is 0 Å². The molecule has 2 aromatic carbocycles. The van der Waals surface area contributed by atoms with Crippen LogP contribution in [0.3, 0.4) is 0 Å². The number of halogens is 2. The average Bonchev–Trinajstić information content (AvgIpc) is 2.86. The van der Waals surface area contributed by atoms with E-state index in [0.717, 1.165) is 23.3 Å². The van der Waals surface area contributed by atoms with Gasteiger partial charge >= 0.3 is 0 Å². The van der Waals surface area contributed by atoms with Crippen LogP contribution in [0.5, 0.6) is 5.75 Å². The van der Waals surface area contributed by atoms with Crippen LogP contribution in [0.2, 0.25) is 10.0 Å². The van der Waals surface area contributed by atoms with Gasteiger partial charge < -0.3 is 10.5 Å². The first-order chi connectivity index (χ1) is 9.16. The lowest BCUT2D eigenvalue weighted by atomic mass is 9.96. The van der Waals surface area contributed by atoms with E-state index in [-0.39, 0.29) is 6.04 Å². The van der Waals surface area contributed by atoms with Gasteiger partial charge in [0.25, 0.3) is 0 Å². The third kappa shape index (κ3) is 2.32. The fourth-order valence-corrected chi connectivity index (χ4v) is 2.93. The Balaban J connectivity index is 2.05. The summed E-state index contributed by atoms with van der Waals surface area (Å²) in [6.07, 6.45) is 0.935. The molecule has 4 heteroatoms. The molecular formula is C15H13Cl2NO. The summed E-state index contributed by atoms with van der Waals surface area (Å²) in [5.74, 6) is 0.904. The molecule has 2 N–H and O–H groups in total. The maximum Gasteiger partial charge on any atom is 0.127 e.